The van der Waals surface area contributed by atoms with Crippen molar-refractivity contribution >= 4 is 0 Å². The molecule has 0 bridgehead atoms. The Morgan fingerprint density at radius 2 is 1.64 bits per heavy atom. The van der Waals surface area contributed by atoms with Gasteiger partial charge in [0, 0.05) is 0 Å². The zero-order valence-electron chi connectivity index (χ0n) is 7.91. The van der Waals surface area contributed by atoms with E-state index in [-0.39, 0.29) is 0 Å². The Labute approximate surface area is 69.9 Å². The van der Waals surface area contributed by atoms with Crippen LogP contribution in [0.2, 0.25) is 0 Å². The molecule has 1 fully saturated rings. The van der Waals surface area contributed by atoms with Gasteiger partial charge in [0.2, 0.25) is 0 Å². The molecule has 1 rings (SSSR count). The van der Waals surface area contributed by atoms with E-state index < -0.39 is 0 Å². The Morgan fingerprint density at radius 1 is 1.09 bits per heavy atom. The monoisotopic (exact) mass is 153 g/mol. The highest BCUT2D eigenvalue weighted by Gasteiger charge is 2.14. The van der Waals surface area contributed by atoms with Crippen LogP contribution in [-0.2, 0) is 0 Å². The number of allylic oxidation sites excluding steroid dienone is 2. The molecule has 0 saturated carbocycles. The van der Waals surface area contributed by atoms with Gasteiger partial charge in [-0.2, -0.15) is 0 Å². The predicted molar refractivity (Wildman–Crippen MR) is 49.6 cm³/mol. The summed E-state index contributed by atoms with van der Waals surface area (Å²) in [4.78, 5) is 0. The van der Waals surface area contributed by atoms with Crippen LogP contribution < -0.4 is 5.32 Å². The highest BCUT2D eigenvalue weighted by atomic mass is 14.9. The lowest BCUT2D eigenvalue weighted by atomic mass is 9.89. The molecule has 1 N–H and O–H groups in total. The van der Waals surface area contributed by atoms with Gasteiger partial charge < -0.3 is 5.32 Å². The van der Waals surface area contributed by atoms with Crippen LogP contribution in [-0.4, -0.2) is 13.1 Å². The van der Waals surface area contributed by atoms with Gasteiger partial charge in [-0.1, -0.05) is 11.1 Å². The molecule has 1 saturated heterocycles. The molecular weight excluding hydrogens is 134 g/mol. The van der Waals surface area contributed by atoms with E-state index in [1.165, 1.54) is 31.5 Å². The van der Waals surface area contributed by atoms with Crippen LogP contribution in [0, 0.1) is 5.92 Å². The summed E-state index contributed by atoms with van der Waals surface area (Å²) in [6, 6.07) is 0. The quantitative estimate of drug-likeness (QED) is 0.570. The lowest BCUT2D eigenvalue weighted by molar-refractivity contribution is 0.417. The average Bonchev–Trinajstić information content (AvgIpc) is 2.05. The average molecular weight is 153 g/mol. The van der Waals surface area contributed by atoms with Crippen LogP contribution in [0.5, 0.6) is 0 Å². The van der Waals surface area contributed by atoms with Gasteiger partial charge in [0.1, 0.15) is 0 Å². The van der Waals surface area contributed by atoms with E-state index >= 15 is 0 Å². The minimum atomic E-state index is 0.862. The van der Waals surface area contributed by atoms with Crippen molar-refractivity contribution in [2.24, 2.45) is 5.92 Å². The third kappa shape index (κ3) is 2.33. The fourth-order valence-corrected chi connectivity index (χ4v) is 1.66. The Morgan fingerprint density at radius 3 is 2.09 bits per heavy atom. The molecule has 11 heavy (non-hydrogen) atoms. The third-order valence-corrected chi connectivity index (χ3v) is 2.74. The maximum atomic E-state index is 3.39. The molecule has 0 spiro atoms. The van der Waals surface area contributed by atoms with Gasteiger partial charge in [-0.3, -0.25) is 0 Å². The van der Waals surface area contributed by atoms with Crippen molar-refractivity contribution in [3.63, 3.8) is 0 Å². The lowest BCUT2D eigenvalue weighted by Crippen LogP contribution is -2.28. The van der Waals surface area contributed by atoms with Gasteiger partial charge in [0.05, 0.1) is 0 Å². The molecule has 1 aliphatic heterocycles. The summed E-state index contributed by atoms with van der Waals surface area (Å²) in [5.74, 6) is 0.862. The van der Waals surface area contributed by atoms with Crippen molar-refractivity contribution in [3.8, 4) is 0 Å². The molecule has 0 aromatic heterocycles. The first-order valence-electron chi connectivity index (χ1n) is 4.56. The van der Waals surface area contributed by atoms with Gasteiger partial charge in [0.25, 0.3) is 0 Å². The van der Waals surface area contributed by atoms with E-state index in [9.17, 15) is 0 Å². The van der Waals surface area contributed by atoms with E-state index in [1.807, 2.05) is 0 Å². The van der Waals surface area contributed by atoms with Crippen molar-refractivity contribution in [1.82, 2.24) is 5.32 Å². The molecule has 64 valence electrons. The van der Waals surface area contributed by atoms with Crippen LogP contribution in [0.1, 0.15) is 33.6 Å². The molecule has 0 unspecified atom stereocenters. The number of rotatable bonds is 1. The molecule has 0 radical (unpaired) electrons. The van der Waals surface area contributed by atoms with E-state index in [4.69, 9.17) is 0 Å². The van der Waals surface area contributed by atoms with Gasteiger partial charge in [-0.05, 0) is 52.6 Å². The highest BCUT2D eigenvalue weighted by Crippen LogP contribution is 2.23. The molecule has 0 amide bonds. The first-order chi connectivity index (χ1) is 5.22. The second-order valence-electron chi connectivity index (χ2n) is 3.71. The smallest absolute Gasteiger partial charge is 0.00432 e. The molecule has 0 aromatic rings. The third-order valence-electron chi connectivity index (χ3n) is 2.74. The number of nitrogens with one attached hydrogen (secondary N) is 1. The van der Waals surface area contributed by atoms with Crippen molar-refractivity contribution in [3.05, 3.63) is 11.1 Å². The molecular formula is C10H19N. The largest absolute Gasteiger partial charge is 0.317 e. The summed E-state index contributed by atoms with van der Waals surface area (Å²) in [5, 5.41) is 3.39. The SMILES string of the molecule is CC(C)=C(C)C1CCNCC1. The van der Waals surface area contributed by atoms with Crippen molar-refractivity contribution < 1.29 is 0 Å². The highest BCUT2D eigenvalue weighted by molar-refractivity contribution is 5.11. The molecule has 0 aliphatic carbocycles. The Hall–Kier alpha value is -0.300. The summed E-state index contributed by atoms with van der Waals surface area (Å²) in [6.07, 6.45) is 2.66. The van der Waals surface area contributed by atoms with Crippen LogP contribution in [0.3, 0.4) is 0 Å². The number of hydrogen-bond donors (Lipinski definition) is 1. The normalized spacial score (nSPS) is 19.9. The van der Waals surface area contributed by atoms with Crippen LogP contribution in [0.25, 0.3) is 0 Å². The van der Waals surface area contributed by atoms with Crippen molar-refractivity contribution in [1.29, 1.82) is 0 Å². The maximum absolute atomic E-state index is 3.39. The van der Waals surface area contributed by atoms with E-state index in [2.05, 4.69) is 26.1 Å². The maximum Gasteiger partial charge on any atom is -0.00432 e. The van der Waals surface area contributed by atoms with Crippen molar-refractivity contribution in [2.75, 3.05) is 13.1 Å². The Balaban J connectivity index is 2.52. The molecule has 1 heteroatoms. The zero-order valence-corrected chi connectivity index (χ0v) is 7.91. The molecule has 0 aromatic carbocycles. The van der Waals surface area contributed by atoms with Crippen LogP contribution in [0.4, 0.5) is 0 Å². The predicted octanol–water partition coefficient (Wildman–Crippen LogP) is 2.34. The minimum Gasteiger partial charge on any atom is -0.317 e. The minimum absolute atomic E-state index is 0.862. The molecule has 1 aliphatic rings. The number of piperidine rings is 1. The number of hydrogen-bond acceptors (Lipinski definition) is 1. The lowest BCUT2D eigenvalue weighted by Gasteiger charge is -2.24. The second-order valence-corrected chi connectivity index (χ2v) is 3.71. The molecule has 1 nitrogen and oxygen atoms in total. The first kappa shape index (κ1) is 8.79. The van der Waals surface area contributed by atoms with Gasteiger partial charge in [0.15, 0.2) is 0 Å². The fraction of sp³-hybridized carbons (Fsp3) is 0.800. The molecule has 1 heterocycles. The Bertz CT molecular complexity index is 148. The van der Waals surface area contributed by atoms with Crippen LogP contribution >= 0.6 is 0 Å². The summed E-state index contributed by atoms with van der Waals surface area (Å²) in [7, 11) is 0. The summed E-state index contributed by atoms with van der Waals surface area (Å²) in [6.45, 7) is 9.13. The van der Waals surface area contributed by atoms with Crippen LogP contribution in [0.15, 0.2) is 11.1 Å². The van der Waals surface area contributed by atoms with E-state index in [0.29, 0.717) is 0 Å². The van der Waals surface area contributed by atoms with E-state index in [1.54, 1.807) is 5.57 Å². The Kier molecular flexibility index (Phi) is 3.13. The second kappa shape index (κ2) is 3.91. The summed E-state index contributed by atoms with van der Waals surface area (Å²) in [5.41, 5.74) is 3.13. The molecule has 0 atom stereocenters. The van der Waals surface area contributed by atoms with E-state index in [0.717, 1.165) is 5.92 Å². The van der Waals surface area contributed by atoms with Crippen molar-refractivity contribution in [2.45, 2.75) is 33.6 Å². The van der Waals surface area contributed by atoms with Gasteiger partial charge >= 0.3 is 0 Å². The first-order valence-corrected chi connectivity index (χ1v) is 4.56. The fourth-order valence-electron chi connectivity index (χ4n) is 1.66. The van der Waals surface area contributed by atoms with Gasteiger partial charge in [-0.15, -0.1) is 0 Å². The summed E-state index contributed by atoms with van der Waals surface area (Å²) >= 11 is 0. The topological polar surface area (TPSA) is 12.0 Å². The van der Waals surface area contributed by atoms with Gasteiger partial charge in [-0.25, -0.2) is 0 Å². The summed E-state index contributed by atoms with van der Waals surface area (Å²) < 4.78 is 0. The zero-order chi connectivity index (χ0) is 8.27. The standard InChI is InChI=1S/C10H19N/c1-8(2)9(3)10-4-6-11-7-5-10/h10-11H,4-7H2,1-3H3.